The fourth-order valence-corrected chi connectivity index (χ4v) is 6.64. The Labute approximate surface area is 312 Å². The molecule has 1 aliphatic heterocycles. The number of anilines is 2. The molecule has 0 bridgehead atoms. The van der Waals surface area contributed by atoms with E-state index in [4.69, 9.17) is 4.74 Å². The van der Waals surface area contributed by atoms with Crippen LogP contribution in [-0.2, 0) is 4.74 Å². The maximum atomic E-state index is 14.4. The van der Waals surface area contributed by atoms with Crippen LogP contribution in [0.25, 0.3) is 22.3 Å². The highest BCUT2D eigenvalue weighted by Crippen LogP contribution is 2.40. The van der Waals surface area contributed by atoms with Crippen molar-refractivity contribution >= 4 is 29.3 Å². The fourth-order valence-electron chi connectivity index (χ4n) is 6.64. The summed E-state index contributed by atoms with van der Waals surface area (Å²) in [5.41, 5.74) is 6.31. The minimum atomic E-state index is -0.418. The molecule has 6 rings (SSSR count). The Balaban J connectivity index is 1.12. The molecular formula is C44H47N5O4. The third kappa shape index (κ3) is 9.37. The van der Waals surface area contributed by atoms with Crippen LogP contribution in [0.4, 0.5) is 16.2 Å². The third-order valence-corrected chi connectivity index (χ3v) is 9.57. The van der Waals surface area contributed by atoms with E-state index in [2.05, 4.69) is 39.8 Å². The normalized spacial score (nSPS) is 13.2. The number of ether oxygens (including phenoxy) is 1. The van der Waals surface area contributed by atoms with Crippen LogP contribution in [0.1, 0.15) is 33.6 Å². The van der Waals surface area contributed by atoms with E-state index in [1.807, 2.05) is 92.0 Å². The number of carbonyl (C=O) groups is 3. The van der Waals surface area contributed by atoms with Crippen LogP contribution in [0.2, 0.25) is 0 Å². The van der Waals surface area contributed by atoms with Crippen molar-refractivity contribution in [2.45, 2.75) is 18.9 Å². The summed E-state index contributed by atoms with van der Waals surface area (Å²) in [6.45, 7) is 3.87. The van der Waals surface area contributed by atoms with E-state index in [-0.39, 0.29) is 17.9 Å². The zero-order valence-electron chi connectivity index (χ0n) is 30.4. The zero-order valence-corrected chi connectivity index (χ0v) is 30.4. The number of piperidine rings is 1. The van der Waals surface area contributed by atoms with Gasteiger partial charge >= 0.3 is 6.09 Å². The number of nitrogens with zero attached hydrogens (tertiary/aromatic N) is 3. The molecule has 5 aromatic carbocycles. The second kappa shape index (κ2) is 18.1. The summed E-state index contributed by atoms with van der Waals surface area (Å²) in [5.74, 6) is -0.338. The summed E-state index contributed by atoms with van der Waals surface area (Å²) in [6, 6.07) is 42.9. The second-order valence-corrected chi connectivity index (χ2v) is 13.2. The predicted octanol–water partition coefficient (Wildman–Crippen LogP) is 7.48. The van der Waals surface area contributed by atoms with Crippen molar-refractivity contribution in [2.75, 3.05) is 58.3 Å². The van der Waals surface area contributed by atoms with Gasteiger partial charge in [0.15, 0.2) is 0 Å². The molecule has 5 aromatic rings. The average molecular weight is 710 g/mol. The molecule has 272 valence electrons. The second-order valence-electron chi connectivity index (χ2n) is 13.2. The minimum absolute atomic E-state index is 0.134. The van der Waals surface area contributed by atoms with Gasteiger partial charge in [-0.15, -0.1) is 0 Å². The summed E-state index contributed by atoms with van der Waals surface area (Å²) in [4.78, 5) is 45.9. The van der Waals surface area contributed by atoms with Gasteiger partial charge < -0.3 is 25.2 Å². The Morgan fingerprint density at radius 3 is 1.83 bits per heavy atom. The van der Waals surface area contributed by atoms with Gasteiger partial charge in [0.05, 0.1) is 11.4 Å². The molecule has 9 nitrogen and oxygen atoms in total. The Bertz CT molecular complexity index is 1900. The summed E-state index contributed by atoms with van der Waals surface area (Å²) >= 11 is 0. The predicted molar refractivity (Wildman–Crippen MR) is 212 cm³/mol. The van der Waals surface area contributed by atoms with Crippen LogP contribution in [0, 0.1) is 0 Å². The maximum Gasteiger partial charge on any atom is 0.419 e. The number of rotatable bonds is 13. The molecule has 0 unspecified atom stereocenters. The Morgan fingerprint density at radius 1 is 0.698 bits per heavy atom. The zero-order chi connectivity index (χ0) is 37.0. The SMILES string of the molecule is CNCCNC(=O)c1cccc(C(=O)N(C)CCN2CCC(OC(=O)N(c3ccccc3-c3ccccc3)c3ccccc3-c3ccccc3)CC2)c1. The number of likely N-dealkylation sites (tertiary alicyclic amines) is 1. The standard InChI is InChI=1S/C44H47N5O4/c1-45-26-27-46-42(50)35-18-13-19-36(32-35)43(51)47(2)30-31-48-28-24-37(25-29-48)53-44(52)49(40-22-11-9-20-38(40)33-14-5-3-6-15-33)41-23-12-10-21-39(41)34-16-7-4-8-17-34/h3-23,32,37,45H,24-31H2,1-2H3,(H,46,50). The van der Waals surface area contributed by atoms with Gasteiger partial charge in [-0.25, -0.2) is 9.69 Å². The largest absolute Gasteiger partial charge is 0.445 e. The first kappa shape index (κ1) is 37.0. The smallest absolute Gasteiger partial charge is 0.419 e. The van der Waals surface area contributed by atoms with Crippen molar-refractivity contribution in [3.8, 4) is 22.3 Å². The number of benzene rings is 5. The lowest BCUT2D eigenvalue weighted by atomic mass is 10.00. The molecule has 9 heteroatoms. The maximum absolute atomic E-state index is 14.4. The highest BCUT2D eigenvalue weighted by atomic mass is 16.6. The number of para-hydroxylation sites is 2. The van der Waals surface area contributed by atoms with E-state index in [9.17, 15) is 14.4 Å². The Hall–Kier alpha value is -5.77. The van der Waals surface area contributed by atoms with Crippen LogP contribution < -0.4 is 15.5 Å². The van der Waals surface area contributed by atoms with Gasteiger partial charge in [-0.2, -0.15) is 0 Å². The highest BCUT2D eigenvalue weighted by Gasteiger charge is 2.30. The molecule has 0 atom stereocenters. The van der Waals surface area contributed by atoms with E-state index >= 15 is 0 Å². The van der Waals surface area contributed by atoms with Crippen LogP contribution >= 0.6 is 0 Å². The van der Waals surface area contributed by atoms with Gasteiger partial charge in [0.25, 0.3) is 11.8 Å². The van der Waals surface area contributed by atoms with Crippen molar-refractivity contribution in [3.05, 3.63) is 145 Å². The van der Waals surface area contributed by atoms with Gasteiger partial charge in [-0.05, 0) is 61.3 Å². The molecule has 0 radical (unpaired) electrons. The van der Waals surface area contributed by atoms with Crippen LogP contribution in [-0.4, -0.2) is 87.2 Å². The molecule has 53 heavy (non-hydrogen) atoms. The van der Waals surface area contributed by atoms with Gasteiger partial charge in [0.1, 0.15) is 6.10 Å². The summed E-state index contributed by atoms with van der Waals surface area (Å²) in [6.07, 6.45) is 0.694. The molecule has 2 N–H and O–H groups in total. The number of hydrogen-bond donors (Lipinski definition) is 2. The van der Waals surface area contributed by atoms with Gasteiger partial charge in [-0.3, -0.25) is 9.59 Å². The number of hydrogen-bond acceptors (Lipinski definition) is 6. The topological polar surface area (TPSA) is 94.2 Å². The van der Waals surface area contributed by atoms with Crippen molar-refractivity contribution in [1.82, 2.24) is 20.4 Å². The van der Waals surface area contributed by atoms with Crippen LogP contribution in [0.3, 0.4) is 0 Å². The third-order valence-electron chi connectivity index (χ3n) is 9.57. The quantitative estimate of drug-likeness (QED) is 0.123. The summed E-state index contributed by atoms with van der Waals surface area (Å²) < 4.78 is 6.34. The van der Waals surface area contributed by atoms with Crippen molar-refractivity contribution in [2.24, 2.45) is 0 Å². The first-order valence-corrected chi connectivity index (χ1v) is 18.2. The summed E-state index contributed by atoms with van der Waals surface area (Å²) in [5, 5.41) is 5.85. The van der Waals surface area contributed by atoms with Crippen molar-refractivity contribution in [1.29, 1.82) is 0 Å². The van der Waals surface area contributed by atoms with Crippen LogP contribution in [0.15, 0.2) is 133 Å². The average Bonchev–Trinajstić information content (AvgIpc) is 3.21. The molecule has 3 amide bonds. The number of nitrogens with one attached hydrogen (secondary N) is 2. The van der Waals surface area contributed by atoms with Crippen molar-refractivity contribution < 1.29 is 19.1 Å². The molecule has 1 heterocycles. The van der Waals surface area contributed by atoms with Gasteiger partial charge in [0.2, 0.25) is 0 Å². The van der Waals surface area contributed by atoms with E-state index in [1.165, 1.54) is 0 Å². The van der Waals surface area contributed by atoms with Crippen LogP contribution in [0.5, 0.6) is 0 Å². The monoisotopic (exact) mass is 709 g/mol. The lowest BCUT2D eigenvalue weighted by Crippen LogP contribution is -2.43. The molecule has 0 saturated carbocycles. The molecular weight excluding hydrogens is 663 g/mol. The van der Waals surface area contributed by atoms with Gasteiger partial charge in [0, 0.05) is 68.6 Å². The molecule has 1 aliphatic rings. The number of carbonyl (C=O) groups excluding carboxylic acids is 3. The first-order chi connectivity index (χ1) is 25.9. The van der Waals surface area contributed by atoms with E-state index < -0.39 is 6.09 Å². The molecule has 0 spiro atoms. The fraction of sp³-hybridized carbons (Fsp3) is 0.250. The van der Waals surface area contributed by atoms with E-state index in [1.54, 1.807) is 41.1 Å². The number of likely N-dealkylation sites (N-methyl/N-ethyl adjacent to an activating group) is 2. The number of amides is 3. The molecule has 1 fully saturated rings. The van der Waals surface area contributed by atoms with Gasteiger partial charge in [-0.1, -0.05) is 103 Å². The lowest BCUT2D eigenvalue weighted by molar-refractivity contribution is 0.0518. The van der Waals surface area contributed by atoms with E-state index in [0.717, 1.165) is 46.7 Å². The first-order valence-electron chi connectivity index (χ1n) is 18.2. The van der Waals surface area contributed by atoms with E-state index in [0.29, 0.717) is 50.1 Å². The Morgan fingerprint density at radius 2 is 1.25 bits per heavy atom. The summed E-state index contributed by atoms with van der Waals surface area (Å²) in [7, 11) is 3.61. The molecule has 0 aromatic heterocycles. The molecule has 0 aliphatic carbocycles. The molecule has 1 saturated heterocycles. The minimum Gasteiger partial charge on any atom is -0.445 e. The van der Waals surface area contributed by atoms with Crippen molar-refractivity contribution in [3.63, 3.8) is 0 Å². The highest BCUT2D eigenvalue weighted by molar-refractivity contribution is 6.04. The lowest BCUT2D eigenvalue weighted by Gasteiger charge is -2.34. The Kier molecular flexibility index (Phi) is 12.7.